The molecule has 0 aromatic heterocycles. The van der Waals surface area contributed by atoms with E-state index in [1.165, 1.54) is 6.42 Å². The molecule has 0 saturated carbocycles. The molecule has 2 N–H and O–H groups in total. The molecule has 1 aromatic carbocycles. The second-order valence-electron chi connectivity index (χ2n) is 5.86. The third kappa shape index (κ3) is 11.3. The maximum atomic E-state index is 5.62. The second kappa shape index (κ2) is 16.9. The first kappa shape index (κ1) is 25.8. The van der Waals surface area contributed by atoms with Crippen LogP contribution in [0.1, 0.15) is 45.6 Å². The number of aliphatic imine (C=N–C) groups is 1. The van der Waals surface area contributed by atoms with E-state index in [-0.39, 0.29) is 24.0 Å². The molecule has 0 radical (unpaired) electrons. The topological polar surface area (TPSA) is 64.1 Å². The number of rotatable bonds is 13. The molecule has 0 aliphatic rings. The Morgan fingerprint density at radius 3 is 2.48 bits per heavy atom. The first-order valence-electron chi connectivity index (χ1n) is 9.64. The summed E-state index contributed by atoms with van der Waals surface area (Å²) in [6.45, 7) is 10.7. The molecule has 0 saturated heterocycles. The van der Waals surface area contributed by atoms with Gasteiger partial charge >= 0.3 is 0 Å². The van der Waals surface area contributed by atoms with E-state index in [1.54, 1.807) is 7.11 Å². The summed E-state index contributed by atoms with van der Waals surface area (Å²) >= 11 is 0. The minimum atomic E-state index is 0. The molecule has 7 heteroatoms. The zero-order valence-electron chi connectivity index (χ0n) is 17.2. The summed E-state index contributed by atoms with van der Waals surface area (Å²) in [6, 6.07) is 5.91. The predicted molar refractivity (Wildman–Crippen MR) is 123 cm³/mol. The summed E-state index contributed by atoms with van der Waals surface area (Å²) in [5.41, 5.74) is 1.08. The van der Waals surface area contributed by atoms with Crippen LogP contribution in [0.25, 0.3) is 0 Å². The number of ether oxygens (including phenoxy) is 3. The fourth-order valence-electron chi connectivity index (χ4n) is 2.33. The number of hydrogen-bond acceptors (Lipinski definition) is 4. The second-order valence-corrected chi connectivity index (χ2v) is 5.86. The fourth-order valence-corrected chi connectivity index (χ4v) is 2.33. The first-order valence-corrected chi connectivity index (χ1v) is 9.64. The van der Waals surface area contributed by atoms with Gasteiger partial charge in [-0.15, -0.1) is 24.0 Å². The smallest absolute Gasteiger partial charge is 0.191 e. The van der Waals surface area contributed by atoms with Crippen molar-refractivity contribution in [3.63, 3.8) is 0 Å². The Hall–Kier alpha value is -1.22. The van der Waals surface area contributed by atoms with Gasteiger partial charge in [0.1, 0.15) is 0 Å². The van der Waals surface area contributed by atoms with Gasteiger partial charge in [0, 0.05) is 26.3 Å². The average molecular weight is 493 g/mol. The number of nitrogens with zero attached hydrogens (tertiary/aromatic N) is 1. The van der Waals surface area contributed by atoms with E-state index in [4.69, 9.17) is 14.2 Å². The Kier molecular flexibility index (Phi) is 16.2. The number of benzene rings is 1. The van der Waals surface area contributed by atoms with Gasteiger partial charge < -0.3 is 24.8 Å². The standard InChI is InChI=1S/C20H35N3O3.HI/c1-5-8-13-25-14-9-12-22-20(21-6-2)23-16-17-10-11-18(24-4)19(15-17)26-7-3;/h10-11,15H,5-9,12-14,16H2,1-4H3,(H2,21,22,23);1H. The van der Waals surface area contributed by atoms with Crippen LogP contribution in [-0.2, 0) is 11.3 Å². The van der Waals surface area contributed by atoms with E-state index in [0.717, 1.165) is 62.2 Å². The van der Waals surface area contributed by atoms with Crippen molar-refractivity contribution < 1.29 is 14.2 Å². The van der Waals surface area contributed by atoms with Crippen molar-refractivity contribution >= 4 is 29.9 Å². The average Bonchev–Trinajstić information content (AvgIpc) is 2.65. The zero-order chi connectivity index (χ0) is 19.0. The predicted octanol–water partition coefficient (Wildman–Crippen LogP) is 3.97. The third-order valence-electron chi connectivity index (χ3n) is 3.69. The molecule has 1 rings (SSSR count). The van der Waals surface area contributed by atoms with Crippen molar-refractivity contribution in [1.29, 1.82) is 0 Å². The summed E-state index contributed by atoms with van der Waals surface area (Å²) in [5, 5.41) is 6.62. The highest BCUT2D eigenvalue weighted by molar-refractivity contribution is 14.0. The molecular weight excluding hydrogens is 457 g/mol. The van der Waals surface area contributed by atoms with Crippen LogP contribution >= 0.6 is 24.0 Å². The molecule has 0 unspecified atom stereocenters. The van der Waals surface area contributed by atoms with Gasteiger partial charge in [0.25, 0.3) is 0 Å². The monoisotopic (exact) mass is 493 g/mol. The van der Waals surface area contributed by atoms with Gasteiger partial charge in [-0.25, -0.2) is 4.99 Å². The van der Waals surface area contributed by atoms with Crippen LogP contribution < -0.4 is 20.1 Å². The van der Waals surface area contributed by atoms with Crippen LogP contribution in [0.15, 0.2) is 23.2 Å². The molecule has 6 nitrogen and oxygen atoms in total. The van der Waals surface area contributed by atoms with E-state index in [0.29, 0.717) is 13.2 Å². The minimum absolute atomic E-state index is 0. The highest BCUT2D eigenvalue weighted by atomic mass is 127. The molecule has 0 amide bonds. The molecule has 0 bridgehead atoms. The number of hydrogen-bond donors (Lipinski definition) is 2. The largest absolute Gasteiger partial charge is 0.493 e. The normalized spacial score (nSPS) is 10.9. The van der Waals surface area contributed by atoms with Crippen molar-refractivity contribution in [1.82, 2.24) is 10.6 Å². The van der Waals surface area contributed by atoms with Crippen LogP contribution in [-0.4, -0.2) is 46.0 Å². The quantitative estimate of drug-likeness (QED) is 0.189. The lowest BCUT2D eigenvalue weighted by Crippen LogP contribution is -2.38. The lowest BCUT2D eigenvalue weighted by Gasteiger charge is -2.13. The summed E-state index contributed by atoms with van der Waals surface area (Å²) in [5.74, 6) is 2.31. The highest BCUT2D eigenvalue weighted by Crippen LogP contribution is 2.28. The fraction of sp³-hybridized carbons (Fsp3) is 0.650. The Balaban J connectivity index is 0.00000676. The van der Waals surface area contributed by atoms with E-state index in [1.807, 2.05) is 25.1 Å². The van der Waals surface area contributed by atoms with E-state index in [2.05, 4.69) is 29.5 Å². The Labute approximate surface area is 181 Å². The number of methoxy groups -OCH3 is 1. The summed E-state index contributed by atoms with van der Waals surface area (Å²) in [6.07, 6.45) is 3.26. The summed E-state index contributed by atoms with van der Waals surface area (Å²) in [7, 11) is 1.65. The number of unbranched alkanes of at least 4 members (excludes halogenated alkanes) is 1. The Morgan fingerprint density at radius 1 is 1.04 bits per heavy atom. The van der Waals surface area contributed by atoms with Crippen LogP contribution in [0.2, 0.25) is 0 Å². The maximum absolute atomic E-state index is 5.62. The van der Waals surface area contributed by atoms with Crippen molar-refractivity contribution in [2.45, 2.75) is 46.6 Å². The third-order valence-corrected chi connectivity index (χ3v) is 3.69. The van der Waals surface area contributed by atoms with E-state index < -0.39 is 0 Å². The number of nitrogens with one attached hydrogen (secondary N) is 2. The zero-order valence-corrected chi connectivity index (χ0v) is 19.5. The molecule has 27 heavy (non-hydrogen) atoms. The maximum Gasteiger partial charge on any atom is 0.191 e. The van der Waals surface area contributed by atoms with Gasteiger partial charge in [-0.1, -0.05) is 19.4 Å². The van der Waals surface area contributed by atoms with E-state index in [9.17, 15) is 0 Å². The van der Waals surface area contributed by atoms with Crippen molar-refractivity contribution in [2.75, 3.05) is 40.0 Å². The molecule has 0 atom stereocenters. The molecule has 0 fully saturated rings. The molecule has 156 valence electrons. The highest BCUT2D eigenvalue weighted by Gasteiger charge is 2.05. The van der Waals surface area contributed by atoms with Crippen molar-refractivity contribution in [3.05, 3.63) is 23.8 Å². The van der Waals surface area contributed by atoms with Crippen molar-refractivity contribution in [3.8, 4) is 11.5 Å². The molecule has 0 heterocycles. The summed E-state index contributed by atoms with van der Waals surface area (Å²) in [4.78, 5) is 4.64. The minimum Gasteiger partial charge on any atom is -0.493 e. The molecule has 0 aliphatic carbocycles. The van der Waals surface area contributed by atoms with E-state index >= 15 is 0 Å². The van der Waals surface area contributed by atoms with Gasteiger partial charge in [0.15, 0.2) is 17.5 Å². The van der Waals surface area contributed by atoms with Gasteiger partial charge in [-0.05, 0) is 44.4 Å². The van der Waals surface area contributed by atoms with Crippen LogP contribution in [0.3, 0.4) is 0 Å². The van der Waals surface area contributed by atoms with Gasteiger partial charge in [0.2, 0.25) is 0 Å². The Bertz CT molecular complexity index is 527. The lowest BCUT2D eigenvalue weighted by atomic mass is 10.2. The lowest BCUT2D eigenvalue weighted by molar-refractivity contribution is 0.129. The summed E-state index contributed by atoms with van der Waals surface area (Å²) < 4.78 is 16.5. The number of halogens is 1. The first-order chi connectivity index (χ1) is 12.7. The van der Waals surface area contributed by atoms with Crippen molar-refractivity contribution in [2.24, 2.45) is 4.99 Å². The Morgan fingerprint density at radius 2 is 1.81 bits per heavy atom. The molecule has 0 aliphatic heterocycles. The van der Waals surface area contributed by atoms with Crippen LogP contribution in [0.4, 0.5) is 0 Å². The van der Waals surface area contributed by atoms with Crippen LogP contribution in [0, 0.1) is 0 Å². The van der Waals surface area contributed by atoms with Gasteiger partial charge in [0.05, 0.1) is 20.3 Å². The molecule has 0 spiro atoms. The SMILES string of the molecule is CCCCOCCCNC(=NCc1ccc(OC)c(OCC)c1)NCC.I. The molecular formula is C20H36IN3O3. The van der Waals surface area contributed by atoms with Gasteiger partial charge in [-0.3, -0.25) is 0 Å². The molecule has 1 aromatic rings. The van der Waals surface area contributed by atoms with Gasteiger partial charge in [-0.2, -0.15) is 0 Å². The van der Waals surface area contributed by atoms with Crippen LogP contribution in [0.5, 0.6) is 11.5 Å². The number of guanidine groups is 1.